The maximum atomic E-state index is 13.6. The minimum Gasteiger partial charge on any atom is -0.368 e. The van der Waals surface area contributed by atoms with Gasteiger partial charge >= 0.3 is 0 Å². The van der Waals surface area contributed by atoms with E-state index in [0.717, 1.165) is 29.8 Å². The monoisotopic (exact) mass is 208 g/mol. The number of rotatable bonds is 3. The smallest absolute Gasteiger partial charge is 0.145 e. The lowest BCUT2D eigenvalue weighted by Gasteiger charge is -2.14. The molecule has 1 aromatic heterocycles. The largest absolute Gasteiger partial charge is 0.368 e. The number of nitrogens with one attached hydrogen (secondary N) is 1. The quantitative estimate of drug-likeness (QED) is 0.825. The minimum absolute atomic E-state index is 0.149. The average Bonchev–Trinajstić information content (AvgIpc) is 2.94. The summed E-state index contributed by atoms with van der Waals surface area (Å²) in [6, 6.07) is 0.328. The van der Waals surface area contributed by atoms with Crippen LogP contribution in [0.1, 0.15) is 43.7 Å². The number of halogens is 1. The highest BCUT2D eigenvalue weighted by molar-refractivity contribution is 5.50. The van der Waals surface area contributed by atoms with Crippen molar-refractivity contribution in [3.8, 4) is 0 Å². The Bertz CT molecular complexity index is 370. The van der Waals surface area contributed by atoms with Crippen LogP contribution in [0.5, 0.6) is 0 Å². The van der Waals surface area contributed by atoms with Crippen LogP contribution >= 0.6 is 0 Å². The first-order valence-electron chi connectivity index (χ1n) is 5.51. The van der Waals surface area contributed by atoms with Crippen LogP contribution in [0.3, 0.4) is 0 Å². The maximum absolute atomic E-state index is 13.6. The van der Waals surface area contributed by atoms with Crippen molar-refractivity contribution in [3.05, 3.63) is 23.1 Å². The van der Waals surface area contributed by atoms with E-state index in [1.54, 1.807) is 0 Å². The predicted molar refractivity (Wildman–Crippen MR) is 59.7 cm³/mol. The summed E-state index contributed by atoms with van der Waals surface area (Å²) in [6.07, 6.45) is 3.57. The second kappa shape index (κ2) is 3.80. The molecule has 0 unspecified atom stereocenters. The van der Waals surface area contributed by atoms with Gasteiger partial charge in [-0.25, -0.2) is 9.37 Å². The third kappa shape index (κ3) is 2.11. The standard InChI is InChI=1S/C12H17FN2/c1-7(2)15-12-8(3)11(9-4-5-9)10(13)6-14-12/h6-7,9H,4-5H2,1-3H3,(H,14,15). The van der Waals surface area contributed by atoms with Gasteiger partial charge in [-0.1, -0.05) is 0 Å². The molecule has 3 heteroatoms. The zero-order valence-electron chi connectivity index (χ0n) is 9.47. The summed E-state index contributed by atoms with van der Waals surface area (Å²) in [5.74, 6) is 1.11. The van der Waals surface area contributed by atoms with Gasteiger partial charge in [0.2, 0.25) is 0 Å². The van der Waals surface area contributed by atoms with Gasteiger partial charge in [0.25, 0.3) is 0 Å². The zero-order valence-corrected chi connectivity index (χ0v) is 9.47. The van der Waals surface area contributed by atoms with Crippen molar-refractivity contribution in [2.75, 3.05) is 5.32 Å². The fourth-order valence-corrected chi connectivity index (χ4v) is 1.89. The first-order chi connectivity index (χ1) is 7.09. The number of hydrogen-bond donors (Lipinski definition) is 1. The molecule has 0 saturated heterocycles. The van der Waals surface area contributed by atoms with E-state index >= 15 is 0 Å². The highest BCUT2D eigenvalue weighted by Gasteiger charge is 2.29. The van der Waals surface area contributed by atoms with E-state index < -0.39 is 0 Å². The molecule has 2 rings (SSSR count). The Morgan fingerprint density at radius 1 is 1.47 bits per heavy atom. The summed E-state index contributed by atoms with van der Waals surface area (Å²) < 4.78 is 13.6. The molecule has 0 atom stereocenters. The highest BCUT2D eigenvalue weighted by atomic mass is 19.1. The van der Waals surface area contributed by atoms with Crippen LogP contribution in [-0.4, -0.2) is 11.0 Å². The SMILES string of the molecule is Cc1c(NC(C)C)ncc(F)c1C1CC1. The van der Waals surface area contributed by atoms with Gasteiger partial charge in [0, 0.05) is 6.04 Å². The van der Waals surface area contributed by atoms with Crippen molar-refractivity contribution in [2.45, 2.75) is 45.6 Å². The molecule has 0 spiro atoms. The highest BCUT2D eigenvalue weighted by Crippen LogP contribution is 2.43. The molecule has 15 heavy (non-hydrogen) atoms. The lowest BCUT2D eigenvalue weighted by molar-refractivity contribution is 0.602. The van der Waals surface area contributed by atoms with Crippen LogP contribution in [0.15, 0.2) is 6.20 Å². The van der Waals surface area contributed by atoms with E-state index in [1.807, 2.05) is 6.92 Å². The minimum atomic E-state index is -0.149. The Labute approximate surface area is 89.9 Å². The molecular formula is C12H17FN2. The zero-order chi connectivity index (χ0) is 11.0. The van der Waals surface area contributed by atoms with Gasteiger partial charge in [-0.05, 0) is 50.7 Å². The van der Waals surface area contributed by atoms with Crippen LogP contribution in [0.25, 0.3) is 0 Å². The van der Waals surface area contributed by atoms with Gasteiger partial charge in [-0.2, -0.15) is 0 Å². The maximum Gasteiger partial charge on any atom is 0.145 e. The molecule has 0 radical (unpaired) electrons. The Balaban J connectivity index is 2.36. The molecule has 0 aliphatic heterocycles. The van der Waals surface area contributed by atoms with Crippen LogP contribution < -0.4 is 5.32 Å². The molecule has 2 nitrogen and oxygen atoms in total. The van der Waals surface area contributed by atoms with Gasteiger partial charge in [0.15, 0.2) is 0 Å². The fraction of sp³-hybridized carbons (Fsp3) is 0.583. The molecule has 1 aliphatic rings. The summed E-state index contributed by atoms with van der Waals surface area (Å²) in [5, 5.41) is 3.25. The molecule has 0 aromatic carbocycles. The van der Waals surface area contributed by atoms with Crippen molar-refractivity contribution in [1.82, 2.24) is 4.98 Å². The number of pyridine rings is 1. The van der Waals surface area contributed by atoms with Crippen molar-refractivity contribution in [2.24, 2.45) is 0 Å². The summed E-state index contributed by atoms with van der Waals surface area (Å²) in [5.41, 5.74) is 1.85. The van der Waals surface area contributed by atoms with Crippen LogP contribution in [0, 0.1) is 12.7 Å². The van der Waals surface area contributed by atoms with Crippen molar-refractivity contribution in [1.29, 1.82) is 0 Å². The van der Waals surface area contributed by atoms with E-state index in [1.165, 1.54) is 6.20 Å². The predicted octanol–water partition coefficient (Wildman–Crippen LogP) is 3.23. The molecule has 1 fully saturated rings. The average molecular weight is 208 g/mol. The van der Waals surface area contributed by atoms with Gasteiger partial charge in [-0.3, -0.25) is 0 Å². The summed E-state index contributed by atoms with van der Waals surface area (Å²) in [7, 11) is 0. The first kappa shape index (κ1) is 10.4. The number of aromatic nitrogens is 1. The third-order valence-corrected chi connectivity index (χ3v) is 2.73. The number of hydrogen-bond acceptors (Lipinski definition) is 2. The molecule has 1 heterocycles. The summed E-state index contributed by atoms with van der Waals surface area (Å²) in [6.45, 7) is 6.07. The van der Waals surface area contributed by atoms with E-state index in [9.17, 15) is 4.39 Å². The molecule has 1 aromatic rings. The molecule has 1 saturated carbocycles. The second-order valence-corrected chi connectivity index (χ2v) is 4.57. The van der Waals surface area contributed by atoms with E-state index in [-0.39, 0.29) is 5.82 Å². The summed E-state index contributed by atoms with van der Waals surface area (Å²) in [4.78, 5) is 4.10. The van der Waals surface area contributed by atoms with E-state index in [2.05, 4.69) is 24.1 Å². The number of nitrogens with zero attached hydrogens (tertiary/aromatic N) is 1. The van der Waals surface area contributed by atoms with Crippen molar-refractivity contribution >= 4 is 5.82 Å². The molecule has 0 bridgehead atoms. The van der Waals surface area contributed by atoms with E-state index in [0.29, 0.717) is 12.0 Å². The van der Waals surface area contributed by atoms with Crippen LogP contribution in [-0.2, 0) is 0 Å². The van der Waals surface area contributed by atoms with Gasteiger partial charge in [-0.15, -0.1) is 0 Å². The molecule has 0 amide bonds. The third-order valence-electron chi connectivity index (χ3n) is 2.73. The lowest BCUT2D eigenvalue weighted by Crippen LogP contribution is -2.13. The fourth-order valence-electron chi connectivity index (χ4n) is 1.89. The lowest BCUT2D eigenvalue weighted by atomic mass is 10.1. The molecule has 1 N–H and O–H groups in total. The van der Waals surface area contributed by atoms with Crippen molar-refractivity contribution < 1.29 is 4.39 Å². The molecular weight excluding hydrogens is 191 g/mol. The second-order valence-electron chi connectivity index (χ2n) is 4.57. The van der Waals surface area contributed by atoms with Crippen LogP contribution in [0.2, 0.25) is 0 Å². The summed E-state index contributed by atoms with van der Waals surface area (Å²) >= 11 is 0. The Hall–Kier alpha value is -1.12. The normalized spacial score (nSPS) is 15.8. The first-order valence-corrected chi connectivity index (χ1v) is 5.51. The van der Waals surface area contributed by atoms with Gasteiger partial charge < -0.3 is 5.32 Å². The Morgan fingerprint density at radius 2 is 2.13 bits per heavy atom. The Kier molecular flexibility index (Phi) is 2.63. The van der Waals surface area contributed by atoms with Gasteiger partial charge in [0.05, 0.1) is 6.20 Å². The topological polar surface area (TPSA) is 24.9 Å². The number of anilines is 1. The van der Waals surface area contributed by atoms with E-state index in [4.69, 9.17) is 0 Å². The van der Waals surface area contributed by atoms with Gasteiger partial charge in [0.1, 0.15) is 11.6 Å². The molecule has 1 aliphatic carbocycles. The Morgan fingerprint density at radius 3 is 2.67 bits per heavy atom. The van der Waals surface area contributed by atoms with Crippen LogP contribution in [0.4, 0.5) is 10.2 Å². The van der Waals surface area contributed by atoms with Crippen molar-refractivity contribution in [3.63, 3.8) is 0 Å². The molecule has 82 valence electrons.